The number of pyridine rings is 1. The number of rotatable bonds is 6. The van der Waals surface area contributed by atoms with Gasteiger partial charge in [0.15, 0.2) is 5.96 Å². The third-order valence-electron chi connectivity index (χ3n) is 4.92. The van der Waals surface area contributed by atoms with Gasteiger partial charge in [0.2, 0.25) is 5.88 Å². The molecule has 7 heteroatoms. The molecule has 1 aliphatic rings. The average molecular weight is 495 g/mol. The number of guanidine groups is 1. The number of hydrogen-bond donors (Lipinski definition) is 2. The van der Waals surface area contributed by atoms with Crippen molar-refractivity contribution in [1.29, 1.82) is 0 Å². The van der Waals surface area contributed by atoms with Crippen molar-refractivity contribution >= 4 is 29.9 Å². The molecule has 0 saturated carbocycles. The Kier molecular flexibility index (Phi) is 8.98. The monoisotopic (exact) mass is 495 g/mol. The van der Waals surface area contributed by atoms with Crippen LogP contribution in [0.25, 0.3) is 0 Å². The molecule has 2 aromatic rings. The van der Waals surface area contributed by atoms with Gasteiger partial charge >= 0.3 is 0 Å². The van der Waals surface area contributed by atoms with Gasteiger partial charge in [-0.3, -0.25) is 9.89 Å². The Morgan fingerprint density at radius 1 is 1.21 bits per heavy atom. The number of likely N-dealkylation sites (tertiary alicyclic amines) is 1. The summed E-state index contributed by atoms with van der Waals surface area (Å²) in [6.45, 7) is 4.89. The smallest absolute Gasteiger partial charge is 0.213 e. The normalized spacial score (nSPS) is 19.8. The fourth-order valence-corrected chi connectivity index (χ4v) is 3.47. The molecule has 2 unspecified atom stereocenters. The van der Waals surface area contributed by atoms with Crippen LogP contribution in [-0.4, -0.2) is 48.6 Å². The van der Waals surface area contributed by atoms with E-state index in [1.54, 1.807) is 14.2 Å². The van der Waals surface area contributed by atoms with E-state index in [1.807, 2.05) is 18.2 Å². The largest absolute Gasteiger partial charge is 0.481 e. The number of methoxy groups -OCH3 is 1. The first-order chi connectivity index (χ1) is 13.2. The number of benzene rings is 1. The number of ether oxygens (including phenoxy) is 1. The Bertz CT molecular complexity index is 755. The van der Waals surface area contributed by atoms with Gasteiger partial charge in [0.25, 0.3) is 0 Å². The highest BCUT2D eigenvalue weighted by Gasteiger charge is 2.29. The van der Waals surface area contributed by atoms with Crippen molar-refractivity contribution in [3.8, 4) is 5.88 Å². The van der Waals surface area contributed by atoms with E-state index in [4.69, 9.17) is 4.74 Å². The molecular weight excluding hydrogens is 465 g/mol. The highest BCUT2D eigenvalue weighted by molar-refractivity contribution is 14.0. The molecule has 2 atom stereocenters. The van der Waals surface area contributed by atoms with E-state index >= 15 is 0 Å². The van der Waals surface area contributed by atoms with Crippen molar-refractivity contribution in [3.05, 3.63) is 59.8 Å². The van der Waals surface area contributed by atoms with Crippen molar-refractivity contribution in [2.45, 2.75) is 38.5 Å². The van der Waals surface area contributed by atoms with E-state index in [0.717, 1.165) is 31.2 Å². The maximum atomic E-state index is 5.18. The minimum absolute atomic E-state index is 0. The lowest BCUT2D eigenvalue weighted by atomic mass is 10.2. The molecule has 6 nitrogen and oxygen atoms in total. The first-order valence-corrected chi connectivity index (χ1v) is 9.43. The molecule has 1 saturated heterocycles. The highest BCUT2D eigenvalue weighted by Crippen LogP contribution is 2.20. The molecule has 28 heavy (non-hydrogen) atoms. The predicted molar refractivity (Wildman–Crippen MR) is 124 cm³/mol. The maximum Gasteiger partial charge on any atom is 0.213 e. The van der Waals surface area contributed by atoms with Gasteiger partial charge in [0, 0.05) is 38.3 Å². The van der Waals surface area contributed by atoms with Crippen molar-refractivity contribution in [3.63, 3.8) is 0 Å². The zero-order valence-corrected chi connectivity index (χ0v) is 19.1. The summed E-state index contributed by atoms with van der Waals surface area (Å²) >= 11 is 0. The van der Waals surface area contributed by atoms with Crippen LogP contribution in [0.2, 0.25) is 0 Å². The number of aromatic nitrogens is 1. The Morgan fingerprint density at radius 2 is 2.00 bits per heavy atom. The predicted octanol–water partition coefficient (Wildman–Crippen LogP) is 3.04. The quantitative estimate of drug-likeness (QED) is 0.367. The van der Waals surface area contributed by atoms with E-state index in [9.17, 15) is 0 Å². The third kappa shape index (κ3) is 6.34. The van der Waals surface area contributed by atoms with Gasteiger partial charge < -0.3 is 15.4 Å². The molecule has 1 aliphatic heterocycles. The molecule has 1 fully saturated rings. The fraction of sp³-hybridized carbons (Fsp3) is 0.429. The van der Waals surface area contributed by atoms with Crippen molar-refractivity contribution < 1.29 is 4.74 Å². The summed E-state index contributed by atoms with van der Waals surface area (Å²) in [5.41, 5.74) is 2.28. The average Bonchev–Trinajstić information content (AvgIpc) is 3.05. The van der Waals surface area contributed by atoms with Crippen LogP contribution in [0.1, 0.15) is 24.6 Å². The topological polar surface area (TPSA) is 61.8 Å². The first-order valence-electron chi connectivity index (χ1n) is 9.43. The molecule has 1 aromatic carbocycles. The minimum Gasteiger partial charge on any atom is -0.481 e. The van der Waals surface area contributed by atoms with Gasteiger partial charge in [-0.2, -0.15) is 0 Å². The Morgan fingerprint density at radius 3 is 2.71 bits per heavy atom. The molecule has 1 aromatic heterocycles. The molecule has 0 amide bonds. The molecule has 0 bridgehead atoms. The van der Waals surface area contributed by atoms with Crippen LogP contribution in [0.15, 0.2) is 53.5 Å². The van der Waals surface area contributed by atoms with Crippen LogP contribution in [0.4, 0.5) is 0 Å². The standard InChI is InChI=1S/C21H29N5O.HI/c1-16-12-19(15-26(16)14-17-8-5-4-6-9-17)25-21(22-2)23-13-18-10-7-11-20(24-18)27-3;/h4-11,16,19H,12-15H2,1-3H3,(H2,22,23,25);1H. The molecule has 0 radical (unpaired) electrons. The number of halogens is 1. The Balaban J connectivity index is 0.00000280. The van der Waals surface area contributed by atoms with Crippen LogP contribution >= 0.6 is 24.0 Å². The summed E-state index contributed by atoms with van der Waals surface area (Å²) < 4.78 is 5.18. The van der Waals surface area contributed by atoms with Crippen LogP contribution in [0.5, 0.6) is 5.88 Å². The van der Waals surface area contributed by atoms with Gasteiger partial charge in [0.1, 0.15) is 0 Å². The second kappa shape index (κ2) is 11.2. The maximum absolute atomic E-state index is 5.18. The summed E-state index contributed by atoms with van der Waals surface area (Å²) in [7, 11) is 3.43. The summed E-state index contributed by atoms with van der Waals surface area (Å²) in [6, 6.07) is 17.3. The van der Waals surface area contributed by atoms with E-state index in [-0.39, 0.29) is 24.0 Å². The fourth-order valence-electron chi connectivity index (χ4n) is 3.47. The number of hydrogen-bond acceptors (Lipinski definition) is 4. The second-order valence-corrected chi connectivity index (χ2v) is 6.94. The van der Waals surface area contributed by atoms with E-state index < -0.39 is 0 Å². The highest BCUT2D eigenvalue weighted by atomic mass is 127. The minimum atomic E-state index is 0. The van der Waals surface area contributed by atoms with Gasteiger partial charge in [-0.05, 0) is 25.0 Å². The Hall–Kier alpha value is -1.87. The van der Waals surface area contributed by atoms with Crippen LogP contribution in [0.3, 0.4) is 0 Å². The van der Waals surface area contributed by atoms with Gasteiger partial charge in [0.05, 0.1) is 19.3 Å². The van der Waals surface area contributed by atoms with Crippen molar-refractivity contribution in [1.82, 2.24) is 20.5 Å². The molecule has 2 heterocycles. The summed E-state index contributed by atoms with van der Waals surface area (Å²) in [5, 5.41) is 6.89. The first kappa shape index (κ1) is 22.4. The molecule has 2 N–H and O–H groups in total. The summed E-state index contributed by atoms with van der Waals surface area (Å²) in [6.07, 6.45) is 1.10. The molecule has 0 spiro atoms. The molecule has 0 aliphatic carbocycles. The van der Waals surface area contributed by atoms with Crippen molar-refractivity contribution in [2.75, 3.05) is 20.7 Å². The summed E-state index contributed by atoms with van der Waals surface area (Å²) in [4.78, 5) is 11.3. The molecule has 152 valence electrons. The lowest BCUT2D eigenvalue weighted by Gasteiger charge is -2.21. The number of nitrogens with one attached hydrogen (secondary N) is 2. The number of nitrogens with zero attached hydrogens (tertiary/aromatic N) is 3. The van der Waals surface area contributed by atoms with Crippen LogP contribution in [-0.2, 0) is 13.1 Å². The number of aliphatic imine (C=N–C) groups is 1. The van der Waals surface area contributed by atoms with Crippen LogP contribution < -0.4 is 15.4 Å². The van der Waals surface area contributed by atoms with Gasteiger partial charge in [-0.25, -0.2) is 4.98 Å². The zero-order chi connectivity index (χ0) is 19.1. The second-order valence-electron chi connectivity index (χ2n) is 6.94. The van der Waals surface area contributed by atoms with E-state index in [1.165, 1.54) is 5.56 Å². The Labute approximate surface area is 184 Å². The molecule has 3 rings (SSSR count). The van der Waals surface area contributed by atoms with E-state index in [0.29, 0.717) is 24.5 Å². The zero-order valence-electron chi connectivity index (χ0n) is 16.8. The van der Waals surface area contributed by atoms with E-state index in [2.05, 4.69) is 62.8 Å². The van der Waals surface area contributed by atoms with Gasteiger partial charge in [-0.15, -0.1) is 24.0 Å². The SMILES string of the molecule is CN=C(NCc1cccc(OC)n1)NC1CC(C)N(Cc2ccccc2)C1.I. The third-order valence-corrected chi connectivity index (χ3v) is 4.92. The van der Waals surface area contributed by atoms with Crippen molar-refractivity contribution in [2.24, 2.45) is 4.99 Å². The van der Waals surface area contributed by atoms with Crippen LogP contribution in [0, 0.1) is 0 Å². The van der Waals surface area contributed by atoms with Gasteiger partial charge in [-0.1, -0.05) is 36.4 Å². The summed E-state index contributed by atoms with van der Waals surface area (Å²) in [5.74, 6) is 1.43. The lowest BCUT2D eigenvalue weighted by Crippen LogP contribution is -2.44. The lowest BCUT2D eigenvalue weighted by molar-refractivity contribution is 0.258. The molecular formula is C21H30IN5O.